The molecule has 7 unspecified atom stereocenters. The molecule has 94 valence electrons. The van der Waals surface area contributed by atoms with Gasteiger partial charge in [-0.25, -0.2) is 0 Å². The second-order valence-corrected chi connectivity index (χ2v) is 8.18. The van der Waals surface area contributed by atoms with Crippen molar-refractivity contribution in [1.82, 2.24) is 0 Å². The molecular formula is C14H21O2P. The monoisotopic (exact) mass is 252 g/mol. The fraction of sp³-hybridized carbons (Fsp3) is 0.857. The maximum Gasteiger partial charge on any atom is 0.173 e. The van der Waals surface area contributed by atoms with Gasteiger partial charge in [0.05, 0.1) is 0 Å². The number of rotatable bonds is 3. The molecule has 3 heteroatoms. The van der Waals surface area contributed by atoms with Crippen LogP contribution in [0.1, 0.15) is 19.3 Å². The normalized spacial score (nSPS) is 53.9. The van der Waals surface area contributed by atoms with Crippen LogP contribution in [0.15, 0.2) is 12.2 Å². The van der Waals surface area contributed by atoms with E-state index in [0.717, 1.165) is 41.2 Å². The molecular weight excluding hydrogens is 231 g/mol. The molecule has 0 spiro atoms. The van der Waals surface area contributed by atoms with Gasteiger partial charge < -0.3 is 9.05 Å². The van der Waals surface area contributed by atoms with E-state index >= 15 is 0 Å². The second-order valence-electron chi connectivity index (χ2n) is 6.22. The van der Waals surface area contributed by atoms with Gasteiger partial charge in [-0.15, -0.1) is 0 Å². The molecule has 3 saturated carbocycles. The lowest BCUT2D eigenvalue weighted by Gasteiger charge is -2.38. The first-order valence-corrected chi connectivity index (χ1v) is 8.14. The van der Waals surface area contributed by atoms with Gasteiger partial charge in [-0.3, -0.25) is 0 Å². The van der Waals surface area contributed by atoms with Gasteiger partial charge in [-0.05, 0) is 54.8 Å². The highest BCUT2D eigenvalue weighted by Crippen LogP contribution is 2.70. The Labute approximate surface area is 105 Å². The Bertz CT molecular complexity index is 352. The lowest BCUT2D eigenvalue weighted by Crippen LogP contribution is -2.33. The van der Waals surface area contributed by atoms with Gasteiger partial charge in [0.25, 0.3) is 0 Å². The first-order chi connectivity index (χ1) is 8.33. The molecule has 4 aliphatic rings. The zero-order chi connectivity index (χ0) is 11.6. The molecule has 0 saturated heterocycles. The van der Waals surface area contributed by atoms with Crippen LogP contribution < -0.4 is 0 Å². The maximum absolute atomic E-state index is 5.59. The Kier molecular flexibility index (Phi) is 2.44. The summed E-state index contributed by atoms with van der Waals surface area (Å²) in [7, 11) is 3.01. The van der Waals surface area contributed by atoms with Crippen molar-refractivity contribution in [3.8, 4) is 0 Å². The summed E-state index contributed by atoms with van der Waals surface area (Å²) in [6.07, 6.45) is 9.30. The molecule has 7 atom stereocenters. The molecule has 0 N–H and O–H groups in total. The van der Waals surface area contributed by atoms with E-state index in [-0.39, 0.29) is 0 Å². The molecule has 0 heterocycles. The molecule has 4 bridgehead atoms. The summed E-state index contributed by atoms with van der Waals surface area (Å²) < 4.78 is 11.2. The van der Waals surface area contributed by atoms with Crippen LogP contribution in [-0.2, 0) is 9.05 Å². The van der Waals surface area contributed by atoms with Gasteiger partial charge in [0.1, 0.15) is 0 Å². The smallest absolute Gasteiger partial charge is 0.173 e. The minimum atomic E-state index is -0.629. The van der Waals surface area contributed by atoms with E-state index in [0.29, 0.717) is 0 Å². The summed E-state index contributed by atoms with van der Waals surface area (Å²) in [4.78, 5) is 0. The summed E-state index contributed by atoms with van der Waals surface area (Å²) >= 11 is 0. The summed E-state index contributed by atoms with van der Waals surface area (Å²) in [5.74, 6) is 5.70. The van der Waals surface area contributed by atoms with Crippen LogP contribution in [-0.4, -0.2) is 19.9 Å². The first kappa shape index (κ1) is 11.0. The third kappa shape index (κ3) is 1.33. The Morgan fingerprint density at radius 2 is 1.65 bits per heavy atom. The van der Waals surface area contributed by atoms with Crippen LogP contribution >= 0.6 is 8.38 Å². The van der Waals surface area contributed by atoms with Gasteiger partial charge in [0.2, 0.25) is 0 Å². The van der Waals surface area contributed by atoms with Crippen molar-refractivity contribution >= 4 is 8.38 Å². The fourth-order valence-corrected chi connectivity index (χ4v) is 7.34. The molecule has 4 aliphatic carbocycles. The quantitative estimate of drug-likeness (QED) is 0.435. The molecule has 0 aromatic heterocycles. The zero-order valence-corrected chi connectivity index (χ0v) is 11.5. The fourth-order valence-electron chi connectivity index (χ4n) is 5.57. The third-order valence-corrected chi connectivity index (χ3v) is 7.72. The van der Waals surface area contributed by atoms with Crippen molar-refractivity contribution in [1.29, 1.82) is 0 Å². The van der Waals surface area contributed by atoms with Crippen molar-refractivity contribution in [2.24, 2.45) is 35.5 Å². The zero-order valence-electron chi connectivity index (χ0n) is 10.6. The van der Waals surface area contributed by atoms with E-state index in [1.165, 1.54) is 19.3 Å². The summed E-state index contributed by atoms with van der Waals surface area (Å²) in [6, 6.07) is 0. The minimum absolute atomic E-state index is 0.629. The van der Waals surface area contributed by atoms with E-state index in [4.69, 9.17) is 9.05 Å². The van der Waals surface area contributed by atoms with Gasteiger partial charge in [-0.2, -0.15) is 0 Å². The van der Waals surface area contributed by atoms with Gasteiger partial charge >= 0.3 is 0 Å². The highest BCUT2D eigenvalue weighted by molar-refractivity contribution is 7.48. The lowest BCUT2D eigenvalue weighted by atomic mass is 9.73. The number of fused-ring (bicyclic) bond motifs is 9. The van der Waals surface area contributed by atoms with Crippen LogP contribution in [0, 0.1) is 35.5 Å². The van der Waals surface area contributed by atoms with Crippen molar-refractivity contribution in [3.05, 3.63) is 12.2 Å². The minimum Gasteiger partial charge on any atom is -0.337 e. The van der Waals surface area contributed by atoms with Crippen LogP contribution in [0.4, 0.5) is 0 Å². The Balaban J connectivity index is 1.61. The number of hydrogen-bond donors (Lipinski definition) is 0. The van der Waals surface area contributed by atoms with Gasteiger partial charge in [0, 0.05) is 19.9 Å². The molecule has 0 aromatic rings. The Morgan fingerprint density at radius 1 is 0.941 bits per heavy atom. The predicted octanol–water partition coefficient (Wildman–Crippen LogP) is 3.44. The number of hydrogen-bond acceptors (Lipinski definition) is 2. The van der Waals surface area contributed by atoms with Crippen LogP contribution in [0.2, 0.25) is 0 Å². The number of allylic oxidation sites excluding steroid dienone is 2. The van der Waals surface area contributed by atoms with Crippen molar-refractivity contribution in [3.63, 3.8) is 0 Å². The van der Waals surface area contributed by atoms with E-state index in [2.05, 4.69) is 12.2 Å². The van der Waals surface area contributed by atoms with Gasteiger partial charge in [-0.1, -0.05) is 12.2 Å². The molecule has 0 amide bonds. The first-order valence-electron chi connectivity index (χ1n) is 6.89. The summed E-state index contributed by atoms with van der Waals surface area (Å²) in [5.41, 5.74) is 0.721. The standard InChI is InChI=1S/C14H21O2P/c1-15-17(16-2)12-7-10-6-11(12)14-9-4-3-8(5-9)13(10)14/h3-4,8-14H,5-7H2,1-2H3. The van der Waals surface area contributed by atoms with E-state index < -0.39 is 8.38 Å². The van der Waals surface area contributed by atoms with E-state index in [1.807, 2.05) is 14.2 Å². The summed E-state index contributed by atoms with van der Waals surface area (Å²) in [6.45, 7) is 0. The average molecular weight is 252 g/mol. The van der Waals surface area contributed by atoms with Crippen molar-refractivity contribution in [2.75, 3.05) is 14.2 Å². The highest BCUT2D eigenvalue weighted by Gasteiger charge is 2.62. The van der Waals surface area contributed by atoms with Crippen molar-refractivity contribution in [2.45, 2.75) is 24.9 Å². The topological polar surface area (TPSA) is 18.5 Å². The predicted molar refractivity (Wildman–Crippen MR) is 68.7 cm³/mol. The molecule has 0 radical (unpaired) electrons. The van der Waals surface area contributed by atoms with E-state index in [9.17, 15) is 0 Å². The van der Waals surface area contributed by atoms with Gasteiger partial charge in [0.15, 0.2) is 8.38 Å². The largest absolute Gasteiger partial charge is 0.337 e. The van der Waals surface area contributed by atoms with Crippen LogP contribution in [0.5, 0.6) is 0 Å². The van der Waals surface area contributed by atoms with Crippen LogP contribution in [0.25, 0.3) is 0 Å². The molecule has 2 nitrogen and oxygen atoms in total. The average Bonchev–Trinajstić information content (AvgIpc) is 3.09. The molecule has 3 fully saturated rings. The Morgan fingerprint density at radius 3 is 2.35 bits per heavy atom. The SMILES string of the molecule is COP(OC)C1CC2CC1C1C3C=CC(C3)C21. The van der Waals surface area contributed by atoms with Crippen LogP contribution in [0.3, 0.4) is 0 Å². The Hall–Kier alpha value is 0.0900. The molecule has 4 rings (SSSR count). The second kappa shape index (κ2) is 3.79. The summed E-state index contributed by atoms with van der Waals surface area (Å²) in [5, 5.41) is 0. The van der Waals surface area contributed by atoms with Crippen molar-refractivity contribution < 1.29 is 9.05 Å². The maximum atomic E-state index is 5.59. The molecule has 17 heavy (non-hydrogen) atoms. The molecule has 0 aromatic carbocycles. The molecule has 0 aliphatic heterocycles. The third-order valence-electron chi connectivity index (χ3n) is 5.87. The highest BCUT2D eigenvalue weighted by atomic mass is 31.2. The lowest BCUT2D eigenvalue weighted by molar-refractivity contribution is 0.196. The van der Waals surface area contributed by atoms with E-state index in [1.54, 1.807) is 0 Å².